The largest absolute Gasteiger partial charge is 0.349 e. The van der Waals surface area contributed by atoms with Crippen molar-refractivity contribution in [1.82, 2.24) is 9.99 Å². The van der Waals surface area contributed by atoms with Crippen molar-refractivity contribution in [3.8, 4) is 6.07 Å². The molecule has 0 atom stereocenters. The molecule has 2 N–H and O–H groups in total. The second-order valence-electron chi connectivity index (χ2n) is 6.78. The summed E-state index contributed by atoms with van der Waals surface area (Å²) in [7, 11) is 0. The minimum Gasteiger partial charge on any atom is -0.349 e. The molecule has 0 aliphatic carbocycles. The summed E-state index contributed by atoms with van der Waals surface area (Å²) >= 11 is 0. The highest BCUT2D eigenvalue weighted by molar-refractivity contribution is 6.02. The number of hydrogen-bond donors (Lipinski definition) is 2. The lowest BCUT2D eigenvalue weighted by atomic mass is 10.1. The van der Waals surface area contributed by atoms with Crippen molar-refractivity contribution in [2.24, 2.45) is 5.92 Å². The Kier molecular flexibility index (Phi) is 6.62. The molecule has 1 aromatic carbocycles. The first kappa shape index (κ1) is 19.3. The summed E-state index contributed by atoms with van der Waals surface area (Å²) in [5.74, 6) is 0.169. The van der Waals surface area contributed by atoms with Gasteiger partial charge in [0.2, 0.25) is 0 Å². The van der Waals surface area contributed by atoms with E-state index in [0.29, 0.717) is 5.92 Å². The van der Waals surface area contributed by atoms with Crippen LogP contribution in [0.2, 0.25) is 0 Å². The third-order valence-corrected chi connectivity index (χ3v) is 4.30. The summed E-state index contributed by atoms with van der Waals surface area (Å²) in [4.78, 5) is 12.3. The van der Waals surface area contributed by atoms with Crippen LogP contribution in [0, 0.1) is 31.1 Å². The number of rotatable bonds is 7. The molecule has 5 nitrogen and oxygen atoms in total. The first-order valence-corrected chi connectivity index (χ1v) is 8.82. The van der Waals surface area contributed by atoms with Crippen LogP contribution in [0.15, 0.2) is 42.0 Å². The lowest BCUT2D eigenvalue weighted by Gasteiger charge is -2.11. The average molecular weight is 350 g/mol. The third-order valence-electron chi connectivity index (χ3n) is 4.30. The van der Waals surface area contributed by atoms with Crippen LogP contribution in [0.1, 0.15) is 37.2 Å². The molecule has 0 radical (unpaired) electrons. The van der Waals surface area contributed by atoms with Crippen molar-refractivity contribution in [1.29, 1.82) is 5.26 Å². The van der Waals surface area contributed by atoms with Crippen LogP contribution in [0.5, 0.6) is 0 Å². The maximum atomic E-state index is 12.3. The predicted octanol–water partition coefficient (Wildman–Crippen LogP) is 4.20. The Morgan fingerprint density at radius 3 is 2.58 bits per heavy atom. The zero-order valence-corrected chi connectivity index (χ0v) is 15.8. The number of aryl methyl sites for hydroxylation is 1. The van der Waals surface area contributed by atoms with Crippen LogP contribution in [-0.2, 0) is 11.3 Å². The standard InChI is InChI=1S/C21H26N4O/c1-15(2)10-11-25-16(3)12-18(17(25)4)13-19(14-22)21(26)24-23-20-8-6-5-7-9-20/h5-9,12-13,15,23H,10-11H2,1-4H3,(H,24,26). The fourth-order valence-electron chi connectivity index (χ4n) is 2.73. The van der Waals surface area contributed by atoms with Crippen molar-refractivity contribution in [2.45, 2.75) is 40.7 Å². The van der Waals surface area contributed by atoms with E-state index in [4.69, 9.17) is 0 Å². The molecular weight excluding hydrogens is 324 g/mol. The molecular formula is C21H26N4O. The Labute approximate surface area is 155 Å². The van der Waals surface area contributed by atoms with Gasteiger partial charge in [-0.3, -0.25) is 15.6 Å². The first-order chi connectivity index (χ1) is 12.4. The number of para-hydroxylation sites is 1. The topological polar surface area (TPSA) is 69.8 Å². The number of anilines is 1. The normalized spacial score (nSPS) is 11.3. The Morgan fingerprint density at radius 2 is 1.96 bits per heavy atom. The average Bonchev–Trinajstić information content (AvgIpc) is 2.89. The number of aromatic nitrogens is 1. The van der Waals surface area contributed by atoms with Gasteiger partial charge in [0.25, 0.3) is 5.91 Å². The van der Waals surface area contributed by atoms with E-state index >= 15 is 0 Å². The van der Waals surface area contributed by atoms with Crippen molar-refractivity contribution >= 4 is 17.7 Å². The van der Waals surface area contributed by atoms with Gasteiger partial charge < -0.3 is 4.57 Å². The number of nitrogens with zero attached hydrogens (tertiary/aromatic N) is 2. The van der Waals surface area contributed by atoms with E-state index in [1.165, 1.54) is 0 Å². The molecule has 1 heterocycles. The van der Waals surface area contributed by atoms with Crippen molar-refractivity contribution in [3.05, 3.63) is 58.9 Å². The highest BCUT2D eigenvalue weighted by Gasteiger charge is 2.13. The van der Waals surface area contributed by atoms with Gasteiger partial charge in [-0.15, -0.1) is 0 Å². The van der Waals surface area contributed by atoms with E-state index in [-0.39, 0.29) is 5.57 Å². The molecule has 2 rings (SSSR count). The van der Waals surface area contributed by atoms with Gasteiger partial charge in [-0.05, 0) is 56.0 Å². The number of carbonyl (C=O) groups is 1. The monoisotopic (exact) mass is 350 g/mol. The Morgan fingerprint density at radius 1 is 1.27 bits per heavy atom. The van der Waals surface area contributed by atoms with Gasteiger partial charge in [-0.25, -0.2) is 0 Å². The SMILES string of the molecule is Cc1cc(C=C(C#N)C(=O)NNc2ccccc2)c(C)n1CCC(C)C. The highest BCUT2D eigenvalue weighted by Crippen LogP contribution is 2.19. The molecule has 0 unspecified atom stereocenters. The van der Waals surface area contributed by atoms with E-state index in [0.717, 1.165) is 35.6 Å². The number of hydrogen-bond acceptors (Lipinski definition) is 3. The predicted molar refractivity (Wildman–Crippen MR) is 105 cm³/mol. The Balaban J connectivity index is 2.14. The van der Waals surface area contributed by atoms with Crippen LogP contribution < -0.4 is 10.9 Å². The summed E-state index contributed by atoms with van der Waals surface area (Å²) < 4.78 is 2.24. The van der Waals surface area contributed by atoms with Crippen molar-refractivity contribution < 1.29 is 4.79 Å². The number of benzene rings is 1. The Hall–Kier alpha value is -3.00. The lowest BCUT2D eigenvalue weighted by molar-refractivity contribution is -0.116. The molecule has 0 bridgehead atoms. The van der Waals surface area contributed by atoms with E-state index in [2.05, 4.69) is 29.3 Å². The quantitative estimate of drug-likeness (QED) is 0.447. The number of nitrogens with one attached hydrogen (secondary N) is 2. The Bertz CT molecular complexity index is 826. The molecule has 0 spiro atoms. The molecule has 26 heavy (non-hydrogen) atoms. The third kappa shape index (κ3) is 5.00. The molecule has 2 aromatic rings. The fourth-order valence-corrected chi connectivity index (χ4v) is 2.73. The second-order valence-corrected chi connectivity index (χ2v) is 6.78. The number of amides is 1. The van der Waals surface area contributed by atoms with Gasteiger partial charge in [-0.1, -0.05) is 32.0 Å². The van der Waals surface area contributed by atoms with Gasteiger partial charge in [0, 0.05) is 17.9 Å². The smallest absolute Gasteiger partial charge is 0.280 e. The van der Waals surface area contributed by atoms with E-state index in [9.17, 15) is 10.1 Å². The summed E-state index contributed by atoms with van der Waals surface area (Å²) in [5, 5.41) is 9.38. The van der Waals surface area contributed by atoms with Gasteiger partial charge in [0.1, 0.15) is 11.6 Å². The zero-order valence-electron chi connectivity index (χ0n) is 15.8. The molecule has 0 aliphatic heterocycles. The number of carbonyl (C=O) groups excluding carboxylic acids is 1. The van der Waals surface area contributed by atoms with Crippen LogP contribution in [0.3, 0.4) is 0 Å². The molecule has 136 valence electrons. The molecule has 0 aliphatic rings. The molecule has 0 saturated carbocycles. The van der Waals surface area contributed by atoms with Crippen LogP contribution in [0.25, 0.3) is 6.08 Å². The van der Waals surface area contributed by atoms with Gasteiger partial charge in [0.05, 0.1) is 5.69 Å². The maximum absolute atomic E-state index is 12.3. The summed E-state index contributed by atoms with van der Waals surface area (Å²) in [5.41, 5.74) is 9.30. The molecule has 5 heteroatoms. The molecule has 0 fully saturated rings. The minimum atomic E-state index is -0.455. The van der Waals surface area contributed by atoms with Crippen LogP contribution in [-0.4, -0.2) is 10.5 Å². The number of nitriles is 1. The zero-order chi connectivity index (χ0) is 19.1. The number of hydrazine groups is 1. The summed E-state index contributed by atoms with van der Waals surface area (Å²) in [6.45, 7) is 9.41. The van der Waals surface area contributed by atoms with E-state index in [1.54, 1.807) is 6.08 Å². The molecule has 0 saturated heterocycles. The van der Waals surface area contributed by atoms with E-state index < -0.39 is 5.91 Å². The summed E-state index contributed by atoms with van der Waals surface area (Å²) in [6, 6.07) is 13.3. The van der Waals surface area contributed by atoms with Crippen molar-refractivity contribution in [2.75, 3.05) is 5.43 Å². The van der Waals surface area contributed by atoms with Gasteiger partial charge >= 0.3 is 0 Å². The van der Waals surface area contributed by atoms with Gasteiger partial charge in [0.15, 0.2) is 0 Å². The lowest BCUT2D eigenvalue weighted by Crippen LogP contribution is -2.30. The summed E-state index contributed by atoms with van der Waals surface area (Å²) in [6.07, 6.45) is 2.74. The second kappa shape index (κ2) is 8.91. The van der Waals surface area contributed by atoms with Crippen LogP contribution >= 0.6 is 0 Å². The molecule has 1 aromatic heterocycles. The molecule has 1 amide bonds. The minimum absolute atomic E-state index is 0.0672. The first-order valence-electron chi connectivity index (χ1n) is 8.82. The maximum Gasteiger partial charge on any atom is 0.280 e. The van der Waals surface area contributed by atoms with Crippen LogP contribution in [0.4, 0.5) is 5.69 Å². The fraction of sp³-hybridized carbons (Fsp3) is 0.333. The van der Waals surface area contributed by atoms with Crippen molar-refractivity contribution in [3.63, 3.8) is 0 Å². The van der Waals surface area contributed by atoms with E-state index in [1.807, 2.05) is 56.3 Å². The highest BCUT2D eigenvalue weighted by atomic mass is 16.2. The van der Waals surface area contributed by atoms with Gasteiger partial charge in [-0.2, -0.15) is 5.26 Å².